The maximum absolute atomic E-state index is 14.2. The van der Waals surface area contributed by atoms with E-state index in [9.17, 15) is 14.0 Å². The number of ether oxygens (including phenoxy) is 2. The summed E-state index contributed by atoms with van der Waals surface area (Å²) in [5.41, 5.74) is 4.68. The van der Waals surface area contributed by atoms with Crippen molar-refractivity contribution >= 4 is 33.7 Å². The van der Waals surface area contributed by atoms with Crippen LogP contribution in [-0.2, 0) is 16.0 Å². The second kappa shape index (κ2) is 10.6. The lowest BCUT2D eigenvalue weighted by molar-refractivity contribution is -0.143. The third-order valence-corrected chi connectivity index (χ3v) is 6.03. The monoisotopic (exact) mass is 479 g/mol. The van der Waals surface area contributed by atoms with Gasteiger partial charge in [0, 0.05) is 41.0 Å². The molecule has 0 fully saturated rings. The number of esters is 1. The molecule has 2 aromatic carbocycles. The number of hydrogen-bond donors (Lipinski definition) is 3. The highest BCUT2D eigenvalue weighted by molar-refractivity contribution is 5.98. The molecule has 0 saturated heterocycles. The van der Waals surface area contributed by atoms with E-state index in [0.29, 0.717) is 56.0 Å². The van der Waals surface area contributed by atoms with Gasteiger partial charge in [-0.05, 0) is 69.0 Å². The van der Waals surface area contributed by atoms with Gasteiger partial charge in [0.25, 0.3) is 5.91 Å². The van der Waals surface area contributed by atoms with Crippen molar-refractivity contribution in [1.82, 2.24) is 15.3 Å². The van der Waals surface area contributed by atoms with E-state index in [1.54, 1.807) is 19.1 Å². The minimum atomic E-state index is -0.274. The van der Waals surface area contributed by atoms with E-state index in [0.717, 1.165) is 33.1 Å². The lowest BCUT2D eigenvalue weighted by Crippen LogP contribution is -2.26. The van der Waals surface area contributed by atoms with Gasteiger partial charge in [-0.2, -0.15) is 0 Å². The van der Waals surface area contributed by atoms with Crippen molar-refractivity contribution in [2.75, 3.05) is 19.8 Å². The molecule has 0 spiro atoms. The Morgan fingerprint density at radius 3 is 2.71 bits per heavy atom. The minimum Gasteiger partial charge on any atom is -0.494 e. The molecule has 2 heterocycles. The zero-order chi connectivity index (χ0) is 24.9. The normalized spacial score (nSPS) is 11.2. The summed E-state index contributed by atoms with van der Waals surface area (Å²) in [4.78, 5) is 30.4. The average molecular weight is 480 g/mol. The SMILES string of the molecule is CCOC(=O)CCCOc1ccc2cc(C(=O)NCCc3c(C)[nH]c4c(F)ccc(C)c34)[nH]c2c1. The van der Waals surface area contributed by atoms with Gasteiger partial charge in [0.2, 0.25) is 0 Å². The van der Waals surface area contributed by atoms with Crippen molar-refractivity contribution in [3.63, 3.8) is 0 Å². The van der Waals surface area contributed by atoms with Gasteiger partial charge in [-0.3, -0.25) is 9.59 Å². The third kappa shape index (κ3) is 5.48. The van der Waals surface area contributed by atoms with E-state index in [-0.39, 0.29) is 17.7 Å². The van der Waals surface area contributed by atoms with Gasteiger partial charge in [-0.15, -0.1) is 0 Å². The summed E-state index contributed by atoms with van der Waals surface area (Å²) in [6, 6.07) is 10.6. The van der Waals surface area contributed by atoms with E-state index in [1.165, 1.54) is 6.07 Å². The maximum Gasteiger partial charge on any atom is 0.305 e. The average Bonchev–Trinajstić information content (AvgIpc) is 3.41. The topological polar surface area (TPSA) is 96.2 Å². The summed E-state index contributed by atoms with van der Waals surface area (Å²) in [5, 5.41) is 4.73. The number of aryl methyl sites for hydroxylation is 2. The number of H-pyrrole nitrogens is 2. The number of fused-ring (bicyclic) bond motifs is 2. The van der Waals surface area contributed by atoms with E-state index < -0.39 is 0 Å². The molecule has 0 aliphatic heterocycles. The quantitative estimate of drug-likeness (QED) is 0.218. The molecule has 0 bridgehead atoms. The summed E-state index contributed by atoms with van der Waals surface area (Å²) in [7, 11) is 0. The molecule has 35 heavy (non-hydrogen) atoms. The largest absolute Gasteiger partial charge is 0.494 e. The molecular formula is C27H30FN3O4. The molecule has 4 aromatic rings. The lowest BCUT2D eigenvalue weighted by Gasteiger charge is -2.06. The molecular weight excluding hydrogens is 449 g/mol. The Kier molecular flexibility index (Phi) is 7.39. The van der Waals surface area contributed by atoms with Gasteiger partial charge in [0.1, 0.15) is 17.3 Å². The Morgan fingerprint density at radius 2 is 1.91 bits per heavy atom. The van der Waals surface area contributed by atoms with Crippen LogP contribution in [0.4, 0.5) is 4.39 Å². The second-order valence-corrected chi connectivity index (χ2v) is 8.54. The molecule has 0 unspecified atom stereocenters. The van der Waals surface area contributed by atoms with Crippen molar-refractivity contribution in [3.8, 4) is 5.75 Å². The molecule has 0 radical (unpaired) electrons. The zero-order valence-electron chi connectivity index (χ0n) is 20.2. The summed E-state index contributed by atoms with van der Waals surface area (Å²) in [6.07, 6.45) is 1.47. The van der Waals surface area contributed by atoms with Gasteiger partial charge in [-0.25, -0.2) is 4.39 Å². The van der Waals surface area contributed by atoms with E-state index >= 15 is 0 Å². The fourth-order valence-electron chi connectivity index (χ4n) is 4.31. The number of rotatable bonds is 10. The molecule has 4 rings (SSSR count). The van der Waals surface area contributed by atoms with Crippen molar-refractivity contribution in [2.45, 2.75) is 40.0 Å². The van der Waals surface area contributed by atoms with Crippen LogP contribution in [0.1, 0.15) is 47.1 Å². The number of nitrogens with one attached hydrogen (secondary N) is 3. The van der Waals surface area contributed by atoms with Crippen molar-refractivity contribution in [3.05, 3.63) is 64.7 Å². The molecule has 0 aliphatic carbocycles. The zero-order valence-corrected chi connectivity index (χ0v) is 20.2. The van der Waals surface area contributed by atoms with Crippen molar-refractivity contribution < 1.29 is 23.5 Å². The first-order valence-electron chi connectivity index (χ1n) is 11.8. The van der Waals surface area contributed by atoms with Crippen LogP contribution < -0.4 is 10.1 Å². The third-order valence-electron chi connectivity index (χ3n) is 6.03. The standard InChI is InChI=1S/C27H30FN3O4/c1-4-34-24(32)6-5-13-35-19-9-8-18-14-23(31-22(18)15-19)27(33)29-12-11-20-17(3)30-26-21(28)10-7-16(2)25(20)26/h7-10,14-15,30-31H,4-6,11-13H2,1-3H3,(H,29,33). The summed E-state index contributed by atoms with van der Waals surface area (Å²) in [5.74, 6) is -0.0517. The first kappa shape index (κ1) is 24.3. The predicted molar refractivity (Wildman–Crippen MR) is 133 cm³/mol. The van der Waals surface area contributed by atoms with Gasteiger partial charge in [-0.1, -0.05) is 6.07 Å². The summed E-state index contributed by atoms with van der Waals surface area (Å²) >= 11 is 0. The Morgan fingerprint density at radius 1 is 1.09 bits per heavy atom. The van der Waals surface area contributed by atoms with Gasteiger partial charge in [0.05, 0.1) is 18.7 Å². The highest BCUT2D eigenvalue weighted by Gasteiger charge is 2.15. The van der Waals surface area contributed by atoms with E-state index in [4.69, 9.17) is 9.47 Å². The van der Waals surface area contributed by atoms with Crippen LogP contribution in [-0.4, -0.2) is 41.6 Å². The fourth-order valence-corrected chi connectivity index (χ4v) is 4.31. The first-order chi connectivity index (χ1) is 16.9. The molecule has 184 valence electrons. The highest BCUT2D eigenvalue weighted by atomic mass is 19.1. The molecule has 1 amide bonds. The van der Waals surface area contributed by atoms with E-state index in [1.807, 2.05) is 32.0 Å². The number of carbonyl (C=O) groups is 2. The van der Waals surface area contributed by atoms with Crippen LogP contribution in [0.3, 0.4) is 0 Å². The first-order valence-corrected chi connectivity index (χ1v) is 11.8. The Bertz CT molecular complexity index is 1370. The van der Waals surface area contributed by atoms with Crippen LogP contribution in [0, 0.1) is 19.7 Å². The van der Waals surface area contributed by atoms with E-state index in [2.05, 4.69) is 15.3 Å². The lowest BCUT2D eigenvalue weighted by atomic mass is 10.0. The van der Waals surface area contributed by atoms with Gasteiger partial charge in [0.15, 0.2) is 0 Å². The number of aromatic nitrogens is 2. The summed E-state index contributed by atoms with van der Waals surface area (Å²) < 4.78 is 24.8. The van der Waals surface area contributed by atoms with Crippen LogP contribution >= 0.6 is 0 Å². The molecule has 3 N–H and O–H groups in total. The van der Waals surface area contributed by atoms with Crippen LogP contribution in [0.25, 0.3) is 21.8 Å². The fraction of sp³-hybridized carbons (Fsp3) is 0.333. The van der Waals surface area contributed by atoms with Crippen molar-refractivity contribution in [2.24, 2.45) is 0 Å². The highest BCUT2D eigenvalue weighted by Crippen LogP contribution is 2.28. The molecule has 0 atom stereocenters. The molecule has 8 heteroatoms. The Balaban J connectivity index is 1.35. The molecule has 0 aliphatic rings. The maximum atomic E-state index is 14.2. The second-order valence-electron chi connectivity index (χ2n) is 8.54. The van der Waals surface area contributed by atoms with Crippen molar-refractivity contribution in [1.29, 1.82) is 0 Å². The van der Waals surface area contributed by atoms with Gasteiger partial charge >= 0.3 is 5.97 Å². The van der Waals surface area contributed by atoms with Crippen LogP contribution in [0.2, 0.25) is 0 Å². The Labute approximate surface area is 203 Å². The number of aromatic amines is 2. The number of carbonyl (C=O) groups excluding carboxylic acids is 2. The number of amides is 1. The van der Waals surface area contributed by atoms with Gasteiger partial charge < -0.3 is 24.8 Å². The van der Waals surface area contributed by atoms with Crippen LogP contribution in [0.5, 0.6) is 5.75 Å². The number of hydrogen-bond acceptors (Lipinski definition) is 4. The van der Waals surface area contributed by atoms with Crippen LogP contribution in [0.15, 0.2) is 36.4 Å². The Hall–Kier alpha value is -3.81. The molecule has 7 nitrogen and oxygen atoms in total. The number of benzene rings is 2. The minimum absolute atomic E-state index is 0.210. The molecule has 2 aromatic heterocycles. The molecule has 0 saturated carbocycles. The predicted octanol–water partition coefficient (Wildman–Crippen LogP) is 5.10. The smallest absolute Gasteiger partial charge is 0.305 e. The summed E-state index contributed by atoms with van der Waals surface area (Å²) in [6.45, 7) is 6.86. The number of halogens is 1.